The number of amides is 1. The summed E-state index contributed by atoms with van der Waals surface area (Å²) >= 11 is 0. The normalized spacial score (nSPS) is 26.7. The minimum atomic E-state index is -0.399. The lowest BCUT2D eigenvalue weighted by Crippen LogP contribution is -2.36. The Morgan fingerprint density at radius 3 is 2.79 bits per heavy atom. The topological polar surface area (TPSA) is 76.2 Å². The number of imidazole rings is 1. The third-order valence-corrected chi connectivity index (χ3v) is 6.64. The lowest BCUT2D eigenvalue weighted by molar-refractivity contribution is -0.130. The number of likely N-dealkylation sites (tertiary alicyclic amines) is 1. The molecule has 152 valence electrons. The third-order valence-electron chi connectivity index (χ3n) is 6.64. The van der Waals surface area contributed by atoms with E-state index in [9.17, 15) is 9.90 Å². The van der Waals surface area contributed by atoms with Gasteiger partial charge in [0.05, 0.1) is 29.5 Å². The van der Waals surface area contributed by atoms with E-state index in [-0.39, 0.29) is 11.9 Å². The van der Waals surface area contributed by atoms with Crippen LogP contribution < -0.4 is 0 Å². The van der Waals surface area contributed by atoms with Gasteiger partial charge in [0.15, 0.2) is 0 Å². The predicted octanol–water partition coefficient (Wildman–Crippen LogP) is 2.48. The van der Waals surface area contributed by atoms with Gasteiger partial charge in [0.25, 0.3) is 0 Å². The van der Waals surface area contributed by atoms with Crippen LogP contribution in [-0.4, -0.2) is 54.4 Å². The quantitative estimate of drug-likeness (QED) is 0.723. The van der Waals surface area contributed by atoms with Gasteiger partial charge in [0.2, 0.25) is 5.91 Å². The van der Waals surface area contributed by atoms with Crippen molar-refractivity contribution in [3.05, 3.63) is 49.1 Å². The first-order valence-corrected chi connectivity index (χ1v) is 10.5. The lowest BCUT2D eigenvalue weighted by Gasteiger charge is -2.36. The van der Waals surface area contributed by atoms with Crippen molar-refractivity contribution in [2.45, 2.75) is 44.4 Å². The van der Waals surface area contributed by atoms with Gasteiger partial charge in [-0.25, -0.2) is 4.98 Å². The third kappa shape index (κ3) is 3.55. The predicted molar refractivity (Wildman–Crippen MR) is 109 cm³/mol. The van der Waals surface area contributed by atoms with Crippen molar-refractivity contribution in [3.8, 4) is 0 Å². The molecule has 2 aliphatic rings. The molecule has 2 fully saturated rings. The molecule has 0 radical (unpaired) electrons. The van der Waals surface area contributed by atoms with Gasteiger partial charge in [0, 0.05) is 38.4 Å². The van der Waals surface area contributed by atoms with Gasteiger partial charge in [-0.3, -0.25) is 9.48 Å². The van der Waals surface area contributed by atoms with Crippen molar-refractivity contribution in [3.63, 3.8) is 0 Å². The van der Waals surface area contributed by atoms with Crippen molar-refractivity contribution in [2.75, 3.05) is 13.1 Å². The van der Waals surface area contributed by atoms with Crippen molar-refractivity contribution in [1.29, 1.82) is 0 Å². The molecule has 5 rings (SSSR count). The molecule has 1 aliphatic carbocycles. The molecular formula is C22H27N5O2. The zero-order chi connectivity index (χ0) is 19.8. The summed E-state index contributed by atoms with van der Waals surface area (Å²) in [5.41, 5.74) is 2.03. The van der Waals surface area contributed by atoms with Gasteiger partial charge in [-0.15, -0.1) is 0 Å². The molecule has 1 saturated heterocycles. The van der Waals surface area contributed by atoms with E-state index >= 15 is 0 Å². The van der Waals surface area contributed by atoms with E-state index in [1.165, 1.54) is 0 Å². The number of hydrogen-bond acceptors (Lipinski definition) is 4. The lowest BCUT2D eigenvalue weighted by atomic mass is 9.77. The molecule has 3 heterocycles. The largest absolute Gasteiger partial charge is 0.391 e. The van der Waals surface area contributed by atoms with Crippen LogP contribution in [0.25, 0.3) is 11.0 Å². The Morgan fingerprint density at radius 1 is 1.14 bits per heavy atom. The molecule has 1 saturated carbocycles. The number of nitrogens with zero attached hydrogens (tertiary/aromatic N) is 5. The maximum absolute atomic E-state index is 12.7. The van der Waals surface area contributed by atoms with Gasteiger partial charge >= 0.3 is 0 Å². The average molecular weight is 393 g/mol. The highest BCUT2D eigenvalue weighted by molar-refractivity contribution is 5.76. The maximum atomic E-state index is 12.7. The first-order chi connectivity index (χ1) is 14.2. The fraction of sp³-hybridized carbons (Fsp3) is 0.500. The summed E-state index contributed by atoms with van der Waals surface area (Å²) in [7, 11) is 0. The van der Waals surface area contributed by atoms with Crippen molar-refractivity contribution in [1.82, 2.24) is 24.2 Å². The molecule has 0 bridgehead atoms. The van der Waals surface area contributed by atoms with E-state index in [0.717, 1.165) is 49.9 Å². The molecule has 1 N–H and O–H groups in total. The summed E-state index contributed by atoms with van der Waals surface area (Å²) in [5.74, 6) is 1.07. The molecule has 4 atom stereocenters. The standard InChI is InChI=1S/C22H27N5O2/c28-21-12-17-14-25(22(29)7-3-9-26-10-4-8-24-26)13-16(17)11-20(21)27-15-23-18-5-1-2-6-19(18)27/h1-2,4-6,8,10,15-17,20-21,28H,3,7,9,11-14H2/t16-,17+,20-,21-/m1/s1. The minimum absolute atomic E-state index is 0.0264. The number of aryl methyl sites for hydroxylation is 1. The summed E-state index contributed by atoms with van der Waals surface area (Å²) in [6.45, 7) is 2.36. The molecule has 29 heavy (non-hydrogen) atoms. The number of para-hydroxylation sites is 2. The van der Waals surface area contributed by atoms with Crippen molar-refractivity contribution >= 4 is 16.9 Å². The Morgan fingerprint density at radius 2 is 1.97 bits per heavy atom. The molecule has 7 heteroatoms. The number of carbonyl (C=O) groups excluding carboxylic acids is 1. The van der Waals surface area contributed by atoms with Gasteiger partial charge in [-0.05, 0) is 49.3 Å². The minimum Gasteiger partial charge on any atom is -0.391 e. The maximum Gasteiger partial charge on any atom is 0.222 e. The molecule has 2 aromatic heterocycles. The van der Waals surface area contributed by atoms with Crippen LogP contribution in [0.1, 0.15) is 31.7 Å². The van der Waals surface area contributed by atoms with E-state index in [2.05, 4.69) is 20.7 Å². The smallest absolute Gasteiger partial charge is 0.222 e. The van der Waals surface area contributed by atoms with Crippen LogP contribution in [0.5, 0.6) is 0 Å². The second-order valence-corrected chi connectivity index (χ2v) is 8.44. The molecule has 0 spiro atoms. The van der Waals surface area contributed by atoms with Crippen LogP contribution in [0.4, 0.5) is 0 Å². The van der Waals surface area contributed by atoms with E-state index in [4.69, 9.17) is 0 Å². The highest BCUT2D eigenvalue weighted by atomic mass is 16.3. The number of benzene rings is 1. The highest BCUT2D eigenvalue weighted by Crippen LogP contribution is 2.42. The summed E-state index contributed by atoms with van der Waals surface area (Å²) in [6, 6.07) is 9.99. The summed E-state index contributed by atoms with van der Waals surface area (Å²) in [6.07, 6.45) is 8.14. The second kappa shape index (κ2) is 7.63. The Balaban J connectivity index is 1.22. The summed E-state index contributed by atoms with van der Waals surface area (Å²) in [5, 5.41) is 15.0. The van der Waals surface area contributed by atoms with E-state index < -0.39 is 6.10 Å². The van der Waals surface area contributed by atoms with Crippen LogP contribution in [0, 0.1) is 11.8 Å². The molecule has 1 aliphatic heterocycles. The van der Waals surface area contributed by atoms with Gasteiger partial charge in [-0.1, -0.05) is 12.1 Å². The fourth-order valence-electron chi connectivity index (χ4n) is 5.14. The fourth-order valence-corrected chi connectivity index (χ4v) is 5.14. The number of hydrogen-bond donors (Lipinski definition) is 1. The van der Waals surface area contributed by atoms with E-state index in [1.54, 1.807) is 6.20 Å². The summed E-state index contributed by atoms with van der Waals surface area (Å²) < 4.78 is 4.00. The number of fused-ring (bicyclic) bond motifs is 2. The zero-order valence-electron chi connectivity index (χ0n) is 16.5. The molecule has 0 unspecified atom stereocenters. The van der Waals surface area contributed by atoms with E-state index in [1.807, 2.05) is 46.4 Å². The van der Waals surface area contributed by atoms with Crippen LogP contribution in [0.15, 0.2) is 49.1 Å². The average Bonchev–Trinajstić information content (AvgIpc) is 3.46. The number of aliphatic hydroxyl groups is 1. The highest BCUT2D eigenvalue weighted by Gasteiger charge is 2.43. The van der Waals surface area contributed by atoms with E-state index in [0.29, 0.717) is 18.3 Å². The second-order valence-electron chi connectivity index (χ2n) is 8.44. The molecule has 7 nitrogen and oxygen atoms in total. The van der Waals surface area contributed by atoms with Crippen LogP contribution in [-0.2, 0) is 11.3 Å². The van der Waals surface area contributed by atoms with Gasteiger partial charge < -0.3 is 14.6 Å². The Kier molecular flexibility index (Phi) is 4.83. The van der Waals surface area contributed by atoms with Crippen LogP contribution in [0.2, 0.25) is 0 Å². The first-order valence-electron chi connectivity index (χ1n) is 10.5. The van der Waals surface area contributed by atoms with Gasteiger partial charge in [0.1, 0.15) is 0 Å². The van der Waals surface area contributed by atoms with Gasteiger partial charge in [-0.2, -0.15) is 5.10 Å². The number of aliphatic hydroxyl groups excluding tert-OH is 1. The van der Waals surface area contributed by atoms with Crippen molar-refractivity contribution < 1.29 is 9.90 Å². The number of carbonyl (C=O) groups is 1. The van der Waals surface area contributed by atoms with Crippen molar-refractivity contribution in [2.24, 2.45) is 11.8 Å². The number of rotatable bonds is 5. The Hall–Kier alpha value is -2.67. The van der Waals surface area contributed by atoms with Crippen LogP contribution >= 0.6 is 0 Å². The molecular weight excluding hydrogens is 366 g/mol. The molecule has 1 aromatic carbocycles. The summed E-state index contributed by atoms with van der Waals surface area (Å²) in [4.78, 5) is 19.2. The zero-order valence-corrected chi connectivity index (χ0v) is 16.5. The molecule has 3 aromatic rings. The Labute approximate surface area is 169 Å². The van der Waals surface area contributed by atoms with Crippen LogP contribution in [0.3, 0.4) is 0 Å². The SMILES string of the molecule is O=C(CCCn1cccn1)N1C[C@H]2C[C@@H](n3cnc4ccccc43)[C@H](O)C[C@H]2C1. The first kappa shape index (κ1) is 18.4. The monoisotopic (exact) mass is 393 g/mol. The Bertz CT molecular complexity index is 982. The molecule has 1 amide bonds. The number of aromatic nitrogens is 4.